The summed E-state index contributed by atoms with van der Waals surface area (Å²) < 4.78 is 24.4. The second-order valence-electron chi connectivity index (χ2n) is 10.6. The number of carbonyl (C=O) groups is 1. The summed E-state index contributed by atoms with van der Waals surface area (Å²) in [6, 6.07) is 7.97. The van der Waals surface area contributed by atoms with E-state index in [9.17, 15) is 13.2 Å². The van der Waals surface area contributed by atoms with Crippen LogP contribution < -0.4 is 5.32 Å². The molecular formula is C26H33N5O3S. The summed E-state index contributed by atoms with van der Waals surface area (Å²) in [6.45, 7) is 4.51. The second kappa shape index (κ2) is 9.25. The molecule has 4 rings (SSSR count). The lowest BCUT2D eigenvalue weighted by Crippen LogP contribution is -2.47. The maximum atomic E-state index is 12.9. The summed E-state index contributed by atoms with van der Waals surface area (Å²) in [6.07, 6.45) is 7.53. The van der Waals surface area contributed by atoms with E-state index in [1.165, 1.54) is 11.8 Å². The molecular weight excluding hydrogens is 462 g/mol. The first-order chi connectivity index (χ1) is 16.4. The number of H-pyrrole nitrogens is 1. The molecule has 2 heterocycles. The molecule has 1 saturated heterocycles. The van der Waals surface area contributed by atoms with Crippen molar-refractivity contribution in [3.05, 3.63) is 53.1 Å². The number of aromatic nitrogens is 2. The topological polar surface area (TPSA) is 119 Å². The molecule has 0 unspecified atom stereocenters. The molecule has 0 spiro atoms. The molecule has 1 amide bonds. The van der Waals surface area contributed by atoms with Crippen molar-refractivity contribution in [1.29, 1.82) is 5.26 Å². The van der Waals surface area contributed by atoms with Gasteiger partial charge in [0, 0.05) is 16.8 Å². The highest BCUT2D eigenvalue weighted by Gasteiger charge is 2.41. The minimum Gasteiger partial charge on any atom is -0.326 e. The zero-order chi connectivity index (χ0) is 25.4. The lowest BCUT2D eigenvalue weighted by atomic mass is 9.75. The molecule has 0 saturated carbocycles. The monoisotopic (exact) mass is 495 g/mol. The van der Waals surface area contributed by atoms with Gasteiger partial charge >= 0.3 is 0 Å². The number of nitriles is 1. The van der Waals surface area contributed by atoms with Gasteiger partial charge < -0.3 is 10.3 Å². The number of anilines is 1. The summed E-state index contributed by atoms with van der Waals surface area (Å²) in [7, 11) is 0.977. The van der Waals surface area contributed by atoms with Gasteiger partial charge in [0.2, 0.25) is 0 Å². The molecule has 2 N–H and O–H groups in total. The average molecular weight is 496 g/mol. The van der Waals surface area contributed by atoms with Crippen molar-refractivity contribution in [3.8, 4) is 6.07 Å². The minimum absolute atomic E-state index is 0.0811. The summed E-state index contributed by atoms with van der Waals surface area (Å²) >= 11 is 0. The summed E-state index contributed by atoms with van der Waals surface area (Å²) in [5.41, 5.74) is 3.93. The lowest BCUT2D eigenvalue weighted by Gasteiger charge is -2.43. The van der Waals surface area contributed by atoms with Crippen molar-refractivity contribution in [2.45, 2.75) is 51.5 Å². The number of imidazole rings is 1. The van der Waals surface area contributed by atoms with Crippen LogP contribution in [0.4, 0.5) is 5.69 Å². The number of sulfone groups is 1. The Morgan fingerprint density at radius 2 is 1.91 bits per heavy atom. The first kappa shape index (κ1) is 25.1. The normalized spacial score (nSPS) is 20.6. The predicted molar refractivity (Wildman–Crippen MR) is 137 cm³/mol. The molecule has 1 fully saturated rings. The van der Waals surface area contributed by atoms with Gasteiger partial charge in [-0.1, -0.05) is 26.0 Å². The zero-order valence-electron chi connectivity index (χ0n) is 20.8. The quantitative estimate of drug-likeness (QED) is 0.645. The van der Waals surface area contributed by atoms with Crippen molar-refractivity contribution in [1.82, 2.24) is 14.9 Å². The molecule has 2 aromatic rings. The van der Waals surface area contributed by atoms with Gasteiger partial charge in [-0.3, -0.25) is 9.69 Å². The van der Waals surface area contributed by atoms with E-state index in [4.69, 9.17) is 5.26 Å². The van der Waals surface area contributed by atoms with Crippen LogP contribution in [0.5, 0.6) is 0 Å². The number of rotatable bonds is 5. The Morgan fingerprint density at radius 3 is 2.49 bits per heavy atom. The molecule has 1 aromatic heterocycles. The lowest BCUT2D eigenvalue weighted by molar-refractivity contribution is 0.101. The van der Waals surface area contributed by atoms with E-state index in [2.05, 4.69) is 46.2 Å². The van der Waals surface area contributed by atoms with Crippen LogP contribution in [0.3, 0.4) is 0 Å². The van der Waals surface area contributed by atoms with E-state index in [-0.39, 0.29) is 34.0 Å². The molecule has 0 atom stereocenters. The van der Waals surface area contributed by atoms with E-state index in [1.54, 1.807) is 0 Å². The summed E-state index contributed by atoms with van der Waals surface area (Å²) in [5, 5.41) is 12.0. The zero-order valence-corrected chi connectivity index (χ0v) is 21.6. The fourth-order valence-electron chi connectivity index (χ4n) is 5.07. The van der Waals surface area contributed by atoms with Gasteiger partial charge in [0.05, 0.1) is 17.7 Å². The van der Waals surface area contributed by atoms with E-state index in [1.807, 2.05) is 32.3 Å². The van der Waals surface area contributed by atoms with Gasteiger partial charge in [-0.15, -0.1) is 0 Å². The number of carbonyl (C=O) groups excluding carboxylic acids is 1. The van der Waals surface area contributed by atoms with Crippen LogP contribution in [0.1, 0.15) is 73.4 Å². The van der Waals surface area contributed by atoms with Crippen molar-refractivity contribution in [2.75, 3.05) is 30.9 Å². The third kappa shape index (κ3) is 5.19. The first-order valence-corrected chi connectivity index (χ1v) is 13.8. The van der Waals surface area contributed by atoms with Crippen LogP contribution in [-0.2, 0) is 15.4 Å². The molecule has 9 heteroatoms. The van der Waals surface area contributed by atoms with Crippen LogP contribution in [-0.4, -0.2) is 54.8 Å². The van der Waals surface area contributed by atoms with Crippen molar-refractivity contribution < 1.29 is 13.2 Å². The Kier molecular flexibility index (Phi) is 6.64. The third-order valence-electron chi connectivity index (χ3n) is 7.54. The SMILES string of the molecule is CN(C)C1(c2ccc(NC(=O)c3ncc(C#N)[nH]3)c(C3=CCC(C)(C)CC3)c2)CCS(=O)(=O)CC1. The number of hydrogen-bond acceptors (Lipinski definition) is 6. The maximum Gasteiger partial charge on any atom is 0.291 e. The van der Waals surface area contributed by atoms with E-state index < -0.39 is 15.7 Å². The summed E-state index contributed by atoms with van der Waals surface area (Å²) in [5.74, 6) is -0.00788. The highest BCUT2D eigenvalue weighted by Crippen LogP contribution is 2.43. The van der Waals surface area contributed by atoms with Gasteiger partial charge in [-0.2, -0.15) is 5.26 Å². The van der Waals surface area contributed by atoms with Crippen molar-refractivity contribution in [3.63, 3.8) is 0 Å². The van der Waals surface area contributed by atoms with Crippen LogP contribution in [0.2, 0.25) is 0 Å². The molecule has 2 aliphatic rings. The van der Waals surface area contributed by atoms with Gasteiger partial charge in [-0.25, -0.2) is 13.4 Å². The summed E-state index contributed by atoms with van der Waals surface area (Å²) in [4.78, 5) is 21.8. The molecule has 8 nitrogen and oxygen atoms in total. The average Bonchev–Trinajstić information content (AvgIpc) is 3.29. The number of amides is 1. The number of hydrogen-bond donors (Lipinski definition) is 2. The smallest absolute Gasteiger partial charge is 0.291 e. The first-order valence-electron chi connectivity index (χ1n) is 11.9. The Hall–Kier alpha value is -2.96. The number of nitrogens with one attached hydrogen (secondary N) is 2. The van der Waals surface area contributed by atoms with Crippen LogP contribution >= 0.6 is 0 Å². The molecule has 186 valence electrons. The van der Waals surface area contributed by atoms with Crippen LogP contribution in [0, 0.1) is 16.7 Å². The van der Waals surface area contributed by atoms with E-state index in [0.717, 1.165) is 30.4 Å². The van der Waals surface area contributed by atoms with Crippen LogP contribution in [0.15, 0.2) is 30.5 Å². The second-order valence-corrected chi connectivity index (χ2v) is 13.0. The van der Waals surface area contributed by atoms with Crippen molar-refractivity contribution >= 4 is 27.0 Å². The Morgan fingerprint density at radius 1 is 1.20 bits per heavy atom. The van der Waals surface area contributed by atoms with Gasteiger partial charge in [-0.05, 0) is 74.9 Å². The maximum absolute atomic E-state index is 12.9. The fourth-order valence-corrected chi connectivity index (χ4v) is 6.58. The molecule has 0 radical (unpaired) electrons. The largest absolute Gasteiger partial charge is 0.326 e. The minimum atomic E-state index is -3.02. The standard InChI is InChI=1S/C26H33N5O3S/c1-25(2)9-7-18(8-10-25)21-15-19(26(31(3)4)11-13-35(33,34)14-12-26)5-6-22(21)30-24(32)23-28-17-20(16-27)29-23/h5-7,15,17H,8-14H2,1-4H3,(H,28,29)(H,30,32). The predicted octanol–water partition coefficient (Wildman–Crippen LogP) is 4.09. The molecule has 0 bridgehead atoms. The number of allylic oxidation sites excluding steroid dienone is 2. The number of benzene rings is 1. The molecule has 35 heavy (non-hydrogen) atoms. The van der Waals surface area contributed by atoms with E-state index in [0.29, 0.717) is 18.5 Å². The molecule has 1 aliphatic carbocycles. The number of aromatic amines is 1. The highest BCUT2D eigenvalue weighted by atomic mass is 32.2. The Balaban J connectivity index is 1.75. The van der Waals surface area contributed by atoms with Crippen molar-refractivity contribution in [2.24, 2.45) is 5.41 Å². The fraction of sp³-hybridized carbons (Fsp3) is 0.500. The van der Waals surface area contributed by atoms with Crippen LogP contribution in [0.25, 0.3) is 5.57 Å². The third-order valence-corrected chi connectivity index (χ3v) is 9.20. The molecule has 1 aliphatic heterocycles. The van der Waals surface area contributed by atoms with Gasteiger partial charge in [0.15, 0.2) is 5.82 Å². The Labute approximate surface area is 207 Å². The molecule has 1 aromatic carbocycles. The number of nitrogens with zero attached hydrogens (tertiary/aromatic N) is 3. The van der Waals surface area contributed by atoms with Gasteiger partial charge in [0.1, 0.15) is 21.6 Å². The van der Waals surface area contributed by atoms with E-state index >= 15 is 0 Å². The highest BCUT2D eigenvalue weighted by molar-refractivity contribution is 7.91. The Bertz CT molecular complexity index is 1300. The van der Waals surface area contributed by atoms with Gasteiger partial charge in [0.25, 0.3) is 5.91 Å².